The second-order valence-corrected chi connectivity index (χ2v) is 4.60. The van der Waals surface area contributed by atoms with E-state index < -0.39 is 0 Å². The minimum absolute atomic E-state index is 0.212. The zero-order valence-electron chi connectivity index (χ0n) is 12.3. The number of para-hydroxylation sites is 1. The van der Waals surface area contributed by atoms with Crippen LogP contribution in [0.15, 0.2) is 24.3 Å². The van der Waals surface area contributed by atoms with Gasteiger partial charge in [-0.2, -0.15) is 15.0 Å². The van der Waals surface area contributed by atoms with Gasteiger partial charge in [0.15, 0.2) is 0 Å². The molecule has 6 nitrogen and oxygen atoms in total. The molecule has 0 saturated carbocycles. The number of rotatable bonds is 6. The molecular formula is C14H18ClN5O. The first-order valence-corrected chi connectivity index (χ1v) is 7.16. The molecule has 0 bridgehead atoms. The van der Waals surface area contributed by atoms with Gasteiger partial charge >= 0.3 is 6.01 Å². The van der Waals surface area contributed by atoms with Crippen LogP contribution in [0.5, 0.6) is 11.8 Å². The summed E-state index contributed by atoms with van der Waals surface area (Å²) in [5, 5.41) is 3.42. The summed E-state index contributed by atoms with van der Waals surface area (Å²) in [7, 11) is 1.75. The van der Waals surface area contributed by atoms with Gasteiger partial charge in [0.05, 0.1) is 5.02 Å². The van der Waals surface area contributed by atoms with Crippen LogP contribution in [0.3, 0.4) is 0 Å². The first kappa shape index (κ1) is 15.3. The number of nitrogens with zero attached hydrogens (tertiary/aromatic N) is 4. The van der Waals surface area contributed by atoms with Crippen LogP contribution in [-0.2, 0) is 0 Å². The molecule has 0 fully saturated rings. The molecule has 0 atom stereocenters. The Morgan fingerprint density at radius 2 is 1.86 bits per heavy atom. The molecule has 2 aromatic rings. The van der Waals surface area contributed by atoms with Crippen LogP contribution in [-0.4, -0.2) is 35.1 Å². The molecule has 1 N–H and O–H groups in total. The second kappa shape index (κ2) is 7.08. The number of benzene rings is 1. The predicted molar refractivity (Wildman–Crippen MR) is 84.5 cm³/mol. The lowest BCUT2D eigenvalue weighted by Gasteiger charge is -2.19. The van der Waals surface area contributed by atoms with Crippen molar-refractivity contribution in [3.63, 3.8) is 0 Å². The zero-order chi connectivity index (χ0) is 15.2. The van der Waals surface area contributed by atoms with Gasteiger partial charge in [0.1, 0.15) is 5.75 Å². The summed E-state index contributed by atoms with van der Waals surface area (Å²) in [6.45, 7) is 5.69. The number of halogens is 1. The number of hydrogen-bond acceptors (Lipinski definition) is 6. The van der Waals surface area contributed by atoms with Gasteiger partial charge in [0, 0.05) is 20.1 Å². The van der Waals surface area contributed by atoms with Crippen LogP contribution < -0.4 is 15.0 Å². The van der Waals surface area contributed by atoms with Gasteiger partial charge in [-0.25, -0.2) is 0 Å². The van der Waals surface area contributed by atoms with Gasteiger partial charge in [-0.05, 0) is 26.0 Å². The fourth-order valence-corrected chi connectivity index (χ4v) is 1.95. The summed E-state index contributed by atoms with van der Waals surface area (Å²) in [6, 6.07) is 7.41. The maximum atomic E-state index is 6.08. The van der Waals surface area contributed by atoms with Crippen molar-refractivity contribution in [2.45, 2.75) is 13.8 Å². The van der Waals surface area contributed by atoms with Gasteiger partial charge in [-0.15, -0.1) is 0 Å². The van der Waals surface area contributed by atoms with E-state index in [0.717, 1.165) is 13.1 Å². The summed E-state index contributed by atoms with van der Waals surface area (Å²) in [5.41, 5.74) is 0. The summed E-state index contributed by atoms with van der Waals surface area (Å²) in [6.07, 6.45) is 0. The molecule has 0 saturated heterocycles. The molecule has 0 aliphatic heterocycles. The number of hydrogen-bond donors (Lipinski definition) is 1. The molecule has 7 heteroatoms. The van der Waals surface area contributed by atoms with Crippen molar-refractivity contribution in [3.05, 3.63) is 29.3 Å². The monoisotopic (exact) mass is 307 g/mol. The maximum Gasteiger partial charge on any atom is 0.328 e. The van der Waals surface area contributed by atoms with Crippen molar-refractivity contribution in [3.8, 4) is 11.8 Å². The Bertz CT molecular complexity index is 604. The Balaban J connectivity index is 2.35. The lowest BCUT2D eigenvalue weighted by atomic mass is 10.3. The highest BCUT2D eigenvalue weighted by molar-refractivity contribution is 6.32. The molecule has 1 heterocycles. The zero-order valence-corrected chi connectivity index (χ0v) is 13.1. The highest BCUT2D eigenvalue weighted by Crippen LogP contribution is 2.28. The summed E-state index contributed by atoms with van der Waals surface area (Å²) >= 11 is 6.08. The molecule has 0 aliphatic carbocycles. The van der Waals surface area contributed by atoms with Gasteiger partial charge in [0.2, 0.25) is 11.9 Å². The van der Waals surface area contributed by atoms with E-state index in [2.05, 4.69) is 20.3 Å². The minimum Gasteiger partial charge on any atom is -0.423 e. The molecule has 0 spiro atoms. The Labute approximate surface area is 129 Å². The van der Waals surface area contributed by atoms with E-state index in [4.69, 9.17) is 16.3 Å². The van der Waals surface area contributed by atoms with Gasteiger partial charge < -0.3 is 15.0 Å². The number of anilines is 2. The van der Waals surface area contributed by atoms with Crippen molar-refractivity contribution in [2.24, 2.45) is 0 Å². The Kier molecular flexibility index (Phi) is 5.16. The first-order valence-electron chi connectivity index (χ1n) is 6.79. The average Bonchev–Trinajstić information content (AvgIpc) is 2.50. The van der Waals surface area contributed by atoms with Crippen LogP contribution in [0.2, 0.25) is 5.02 Å². The molecule has 1 aromatic heterocycles. The largest absolute Gasteiger partial charge is 0.423 e. The molecular weight excluding hydrogens is 290 g/mol. The lowest BCUT2D eigenvalue weighted by molar-refractivity contribution is 0.440. The molecule has 2 rings (SSSR count). The molecule has 1 aromatic carbocycles. The first-order chi connectivity index (χ1) is 10.2. The second-order valence-electron chi connectivity index (χ2n) is 4.20. The van der Waals surface area contributed by atoms with Crippen LogP contribution in [0.4, 0.5) is 11.9 Å². The summed E-state index contributed by atoms with van der Waals surface area (Å²) in [4.78, 5) is 14.9. The molecule has 21 heavy (non-hydrogen) atoms. The molecule has 112 valence electrons. The van der Waals surface area contributed by atoms with Crippen LogP contribution in [0.25, 0.3) is 0 Å². The van der Waals surface area contributed by atoms with Crippen LogP contribution >= 0.6 is 11.6 Å². The van der Waals surface area contributed by atoms with Crippen molar-refractivity contribution in [1.29, 1.82) is 0 Å². The third-order valence-electron chi connectivity index (χ3n) is 2.91. The third kappa shape index (κ3) is 3.72. The van der Waals surface area contributed by atoms with Crippen molar-refractivity contribution in [2.75, 3.05) is 30.4 Å². The minimum atomic E-state index is 0.212. The highest BCUT2D eigenvalue weighted by atomic mass is 35.5. The Morgan fingerprint density at radius 1 is 1.14 bits per heavy atom. The van der Waals surface area contributed by atoms with E-state index in [1.54, 1.807) is 19.2 Å². The number of aromatic nitrogens is 3. The van der Waals surface area contributed by atoms with Crippen LogP contribution in [0, 0.1) is 0 Å². The quantitative estimate of drug-likeness (QED) is 0.884. The fraction of sp³-hybridized carbons (Fsp3) is 0.357. The average molecular weight is 308 g/mol. The van der Waals surface area contributed by atoms with Crippen molar-refractivity contribution >= 4 is 23.5 Å². The fourth-order valence-electron chi connectivity index (χ4n) is 1.78. The highest BCUT2D eigenvalue weighted by Gasteiger charge is 2.13. The van der Waals surface area contributed by atoms with E-state index in [-0.39, 0.29) is 6.01 Å². The molecule has 0 radical (unpaired) electrons. The van der Waals surface area contributed by atoms with E-state index >= 15 is 0 Å². The lowest BCUT2D eigenvalue weighted by Crippen LogP contribution is -2.25. The van der Waals surface area contributed by atoms with Crippen molar-refractivity contribution in [1.82, 2.24) is 15.0 Å². The standard InChI is InChI=1S/C14H18ClN5O/c1-4-20(5-2)13-17-12(16-3)18-14(19-13)21-11-9-7-6-8-10(11)15/h6-9H,4-5H2,1-3H3,(H,16,17,18,19). The van der Waals surface area contributed by atoms with E-state index in [1.165, 1.54) is 0 Å². The normalized spacial score (nSPS) is 10.3. The van der Waals surface area contributed by atoms with E-state index in [9.17, 15) is 0 Å². The molecule has 0 unspecified atom stereocenters. The maximum absolute atomic E-state index is 6.08. The predicted octanol–water partition coefficient (Wildman–Crippen LogP) is 3.21. The van der Waals surface area contributed by atoms with Gasteiger partial charge in [-0.3, -0.25) is 0 Å². The summed E-state index contributed by atoms with van der Waals surface area (Å²) < 4.78 is 5.67. The molecule has 0 amide bonds. The Hall–Kier alpha value is -2.08. The van der Waals surface area contributed by atoms with Crippen LogP contribution in [0.1, 0.15) is 13.8 Å². The van der Waals surface area contributed by atoms with E-state index in [0.29, 0.717) is 22.7 Å². The van der Waals surface area contributed by atoms with Gasteiger partial charge in [0.25, 0.3) is 0 Å². The SMILES string of the molecule is CCN(CC)c1nc(NC)nc(Oc2ccccc2Cl)n1. The number of ether oxygens (including phenoxy) is 1. The number of nitrogens with one attached hydrogen (secondary N) is 1. The summed E-state index contributed by atoms with van der Waals surface area (Å²) in [5.74, 6) is 1.54. The Morgan fingerprint density at radius 3 is 2.48 bits per heavy atom. The van der Waals surface area contributed by atoms with Gasteiger partial charge in [-0.1, -0.05) is 23.7 Å². The smallest absolute Gasteiger partial charge is 0.328 e. The topological polar surface area (TPSA) is 63.2 Å². The van der Waals surface area contributed by atoms with E-state index in [1.807, 2.05) is 30.9 Å². The van der Waals surface area contributed by atoms with Crippen molar-refractivity contribution < 1.29 is 4.74 Å². The third-order valence-corrected chi connectivity index (χ3v) is 3.22. The molecule has 0 aliphatic rings.